The van der Waals surface area contributed by atoms with E-state index in [1.165, 1.54) is 0 Å². The summed E-state index contributed by atoms with van der Waals surface area (Å²) in [5, 5.41) is 4.00. The predicted octanol–water partition coefficient (Wildman–Crippen LogP) is 3.97. The van der Waals surface area contributed by atoms with Crippen LogP contribution in [0.25, 0.3) is 0 Å². The fourth-order valence-corrected chi connectivity index (χ4v) is 4.75. The van der Waals surface area contributed by atoms with E-state index in [2.05, 4.69) is 20.2 Å². The van der Waals surface area contributed by atoms with E-state index < -0.39 is 0 Å². The van der Waals surface area contributed by atoms with Gasteiger partial charge in [-0.25, -0.2) is 4.98 Å². The van der Waals surface area contributed by atoms with Gasteiger partial charge in [0.25, 0.3) is 0 Å². The summed E-state index contributed by atoms with van der Waals surface area (Å²) < 4.78 is 0. The van der Waals surface area contributed by atoms with Crippen molar-refractivity contribution in [1.82, 2.24) is 15.3 Å². The van der Waals surface area contributed by atoms with E-state index in [0.29, 0.717) is 10.9 Å². The third kappa shape index (κ3) is 4.00. The van der Waals surface area contributed by atoms with Crippen LogP contribution in [0.2, 0.25) is 5.02 Å². The SMILES string of the molecule is O=C(NCC1CCN(c2cnccn2)CC1)C1(c2ccc(Cl)cc2)CCCC1. The van der Waals surface area contributed by atoms with E-state index in [4.69, 9.17) is 11.6 Å². The topological polar surface area (TPSA) is 58.1 Å². The Kier molecular flexibility index (Phi) is 5.81. The van der Waals surface area contributed by atoms with Gasteiger partial charge in [-0.2, -0.15) is 0 Å². The molecule has 1 aliphatic heterocycles. The molecule has 6 heteroatoms. The monoisotopic (exact) mass is 398 g/mol. The van der Waals surface area contributed by atoms with Crippen LogP contribution in [-0.4, -0.2) is 35.5 Å². The Morgan fingerprint density at radius 3 is 2.50 bits per heavy atom. The van der Waals surface area contributed by atoms with Gasteiger partial charge in [0, 0.05) is 37.1 Å². The second-order valence-electron chi connectivity index (χ2n) is 8.00. The average molecular weight is 399 g/mol. The molecule has 1 saturated heterocycles. The second-order valence-corrected chi connectivity index (χ2v) is 8.44. The standard InChI is InChI=1S/C22H27ClN4O/c23-19-5-3-18(4-6-19)22(9-1-2-10-22)21(28)26-15-17-7-13-27(14-8-17)20-16-24-11-12-25-20/h3-6,11-12,16-17H,1-2,7-10,13-15H2,(H,26,28). The minimum atomic E-state index is -0.384. The van der Waals surface area contributed by atoms with Crippen molar-refractivity contribution in [1.29, 1.82) is 0 Å². The molecule has 1 aromatic heterocycles. The van der Waals surface area contributed by atoms with Gasteiger partial charge in [0.1, 0.15) is 5.82 Å². The van der Waals surface area contributed by atoms with Crippen LogP contribution < -0.4 is 10.2 Å². The highest BCUT2D eigenvalue weighted by Gasteiger charge is 2.42. The number of carbonyl (C=O) groups excluding carboxylic acids is 1. The number of hydrogen-bond donors (Lipinski definition) is 1. The highest BCUT2D eigenvalue weighted by atomic mass is 35.5. The Morgan fingerprint density at radius 1 is 1.14 bits per heavy atom. The highest BCUT2D eigenvalue weighted by Crippen LogP contribution is 2.41. The van der Waals surface area contributed by atoms with Gasteiger partial charge in [-0.05, 0) is 49.3 Å². The van der Waals surface area contributed by atoms with Crippen molar-refractivity contribution in [2.24, 2.45) is 5.92 Å². The minimum absolute atomic E-state index is 0.184. The first-order valence-electron chi connectivity index (χ1n) is 10.2. The van der Waals surface area contributed by atoms with Crippen molar-refractivity contribution < 1.29 is 4.79 Å². The molecule has 1 amide bonds. The van der Waals surface area contributed by atoms with Crippen LogP contribution in [0.5, 0.6) is 0 Å². The maximum Gasteiger partial charge on any atom is 0.230 e. The number of halogens is 1. The average Bonchev–Trinajstić information content (AvgIpc) is 3.25. The molecule has 4 rings (SSSR count). The molecule has 1 N–H and O–H groups in total. The minimum Gasteiger partial charge on any atom is -0.355 e. The molecule has 2 heterocycles. The molecule has 1 aromatic carbocycles. The van der Waals surface area contributed by atoms with Gasteiger partial charge in [0.2, 0.25) is 5.91 Å². The lowest BCUT2D eigenvalue weighted by Gasteiger charge is -2.34. The highest BCUT2D eigenvalue weighted by molar-refractivity contribution is 6.30. The van der Waals surface area contributed by atoms with Gasteiger partial charge in [-0.1, -0.05) is 36.6 Å². The number of hydrogen-bond acceptors (Lipinski definition) is 4. The molecule has 5 nitrogen and oxygen atoms in total. The largest absolute Gasteiger partial charge is 0.355 e. The zero-order valence-electron chi connectivity index (χ0n) is 16.1. The molecule has 0 radical (unpaired) electrons. The molecule has 2 aliphatic rings. The molecule has 1 aliphatic carbocycles. The number of carbonyl (C=O) groups is 1. The number of anilines is 1. The molecule has 0 spiro atoms. The van der Waals surface area contributed by atoms with Crippen molar-refractivity contribution >= 4 is 23.3 Å². The van der Waals surface area contributed by atoms with Crippen LogP contribution in [0.3, 0.4) is 0 Å². The molecule has 0 unspecified atom stereocenters. The lowest BCUT2D eigenvalue weighted by molar-refractivity contribution is -0.126. The fourth-order valence-electron chi connectivity index (χ4n) is 4.62. The molecule has 148 valence electrons. The van der Waals surface area contributed by atoms with Crippen LogP contribution in [0, 0.1) is 5.92 Å². The van der Waals surface area contributed by atoms with E-state index in [0.717, 1.165) is 69.5 Å². The van der Waals surface area contributed by atoms with Crippen molar-refractivity contribution in [3.05, 3.63) is 53.4 Å². The summed E-state index contributed by atoms with van der Waals surface area (Å²) in [5.41, 5.74) is 0.717. The Hall–Kier alpha value is -2.14. The van der Waals surface area contributed by atoms with Crippen molar-refractivity contribution in [3.8, 4) is 0 Å². The van der Waals surface area contributed by atoms with Crippen LogP contribution in [-0.2, 0) is 10.2 Å². The van der Waals surface area contributed by atoms with Crippen LogP contribution in [0.4, 0.5) is 5.82 Å². The second kappa shape index (κ2) is 8.48. The summed E-state index contributed by atoms with van der Waals surface area (Å²) in [7, 11) is 0. The number of aromatic nitrogens is 2. The Morgan fingerprint density at radius 2 is 1.86 bits per heavy atom. The van der Waals surface area contributed by atoms with Gasteiger partial charge in [-0.15, -0.1) is 0 Å². The summed E-state index contributed by atoms with van der Waals surface area (Å²) >= 11 is 6.05. The Labute approximate surface area is 171 Å². The molecule has 2 fully saturated rings. The lowest BCUT2D eigenvalue weighted by atomic mass is 9.78. The molecular weight excluding hydrogens is 372 g/mol. The van der Waals surface area contributed by atoms with E-state index >= 15 is 0 Å². The summed E-state index contributed by atoms with van der Waals surface area (Å²) in [6, 6.07) is 7.83. The van der Waals surface area contributed by atoms with Crippen LogP contribution in [0.1, 0.15) is 44.1 Å². The number of amides is 1. The number of benzene rings is 1. The first kappa shape index (κ1) is 19.2. The van der Waals surface area contributed by atoms with Crippen molar-refractivity contribution in [2.45, 2.75) is 43.9 Å². The Balaban J connectivity index is 1.34. The lowest BCUT2D eigenvalue weighted by Crippen LogP contribution is -2.46. The molecule has 0 atom stereocenters. The summed E-state index contributed by atoms with van der Waals surface area (Å²) in [4.78, 5) is 24.0. The normalized spacial score (nSPS) is 19.5. The van der Waals surface area contributed by atoms with E-state index in [9.17, 15) is 4.79 Å². The van der Waals surface area contributed by atoms with Crippen LogP contribution in [0.15, 0.2) is 42.9 Å². The maximum absolute atomic E-state index is 13.2. The smallest absolute Gasteiger partial charge is 0.230 e. The maximum atomic E-state index is 13.2. The first-order chi connectivity index (χ1) is 13.7. The van der Waals surface area contributed by atoms with Gasteiger partial charge >= 0.3 is 0 Å². The van der Waals surface area contributed by atoms with Gasteiger partial charge < -0.3 is 10.2 Å². The molecule has 1 saturated carbocycles. The summed E-state index contributed by atoms with van der Waals surface area (Å²) in [6.45, 7) is 2.67. The van der Waals surface area contributed by atoms with E-state index in [1.54, 1.807) is 12.4 Å². The number of rotatable bonds is 5. The zero-order valence-corrected chi connectivity index (χ0v) is 16.9. The number of nitrogens with one attached hydrogen (secondary N) is 1. The third-order valence-corrected chi connectivity index (χ3v) is 6.58. The molecular formula is C22H27ClN4O. The summed E-state index contributed by atoms with van der Waals surface area (Å²) in [5.74, 6) is 1.64. The van der Waals surface area contributed by atoms with Crippen LogP contribution >= 0.6 is 11.6 Å². The number of piperidine rings is 1. The predicted molar refractivity (Wildman–Crippen MR) is 112 cm³/mol. The molecule has 2 aromatic rings. The van der Waals surface area contributed by atoms with Crippen molar-refractivity contribution in [3.63, 3.8) is 0 Å². The summed E-state index contributed by atoms with van der Waals surface area (Å²) in [6.07, 6.45) is 11.4. The van der Waals surface area contributed by atoms with Crippen molar-refractivity contribution in [2.75, 3.05) is 24.5 Å². The van der Waals surface area contributed by atoms with E-state index in [-0.39, 0.29) is 11.3 Å². The Bertz CT molecular complexity index is 782. The van der Waals surface area contributed by atoms with Gasteiger partial charge in [0.15, 0.2) is 0 Å². The van der Waals surface area contributed by atoms with E-state index in [1.807, 2.05) is 30.5 Å². The first-order valence-corrected chi connectivity index (χ1v) is 10.6. The quantitative estimate of drug-likeness (QED) is 0.827. The molecule has 28 heavy (non-hydrogen) atoms. The fraction of sp³-hybridized carbons (Fsp3) is 0.500. The third-order valence-electron chi connectivity index (χ3n) is 6.33. The van der Waals surface area contributed by atoms with Gasteiger partial charge in [-0.3, -0.25) is 9.78 Å². The van der Waals surface area contributed by atoms with Gasteiger partial charge in [0.05, 0.1) is 11.6 Å². The molecule has 0 bridgehead atoms. The zero-order chi connectivity index (χ0) is 19.4. The number of nitrogens with zero attached hydrogens (tertiary/aromatic N) is 3.